The number of amides is 1. The predicted octanol–water partition coefficient (Wildman–Crippen LogP) is 2.30. The van der Waals surface area contributed by atoms with E-state index in [2.05, 4.69) is 11.4 Å². The van der Waals surface area contributed by atoms with E-state index < -0.39 is 0 Å². The van der Waals surface area contributed by atoms with E-state index in [1.54, 1.807) is 6.07 Å². The van der Waals surface area contributed by atoms with Crippen LogP contribution in [0.5, 0.6) is 0 Å². The summed E-state index contributed by atoms with van der Waals surface area (Å²) < 4.78 is 0. The molecule has 1 aliphatic heterocycles. The van der Waals surface area contributed by atoms with Gasteiger partial charge in [-0.2, -0.15) is 5.26 Å². The summed E-state index contributed by atoms with van der Waals surface area (Å²) in [5.74, 6) is 0.830. The summed E-state index contributed by atoms with van der Waals surface area (Å²) in [7, 11) is 0. The molecule has 0 radical (unpaired) electrons. The fourth-order valence-electron chi connectivity index (χ4n) is 2.80. The molecule has 1 heterocycles. The van der Waals surface area contributed by atoms with E-state index >= 15 is 0 Å². The Kier molecular flexibility index (Phi) is 5.77. The van der Waals surface area contributed by atoms with E-state index in [-0.39, 0.29) is 5.91 Å². The van der Waals surface area contributed by atoms with Gasteiger partial charge in [0.1, 0.15) is 0 Å². The maximum Gasteiger partial charge on any atom is 0.222 e. The van der Waals surface area contributed by atoms with Crippen molar-refractivity contribution in [2.45, 2.75) is 32.7 Å². The van der Waals surface area contributed by atoms with E-state index in [1.807, 2.05) is 30.0 Å². The molecule has 1 fully saturated rings. The Morgan fingerprint density at radius 2 is 2.29 bits per heavy atom. The normalized spacial score (nSPS) is 17.4. The minimum Gasteiger partial charge on any atom is -0.339 e. The van der Waals surface area contributed by atoms with Crippen molar-refractivity contribution >= 4 is 5.91 Å². The van der Waals surface area contributed by atoms with E-state index in [9.17, 15) is 4.79 Å². The number of carbonyl (C=O) groups is 1. The first kappa shape index (κ1) is 15.5. The Morgan fingerprint density at radius 3 is 2.95 bits per heavy atom. The zero-order valence-electron chi connectivity index (χ0n) is 12.6. The molecule has 1 amide bonds. The molecule has 1 unspecified atom stereocenters. The Labute approximate surface area is 126 Å². The summed E-state index contributed by atoms with van der Waals surface area (Å²) >= 11 is 0. The molecule has 1 saturated heterocycles. The molecular formula is C17H23N3O. The van der Waals surface area contributed by atoms with Gasteiger partial charge in [0.2, 0.25) is 5.91 Å². The molecule has 1 N–H and O–H groups in total. The van der Waals surface area contributed by atoms with Crippen LogP contribution in [0.4, 0.5) is 0 Å². The van der Waals surface area contributed by atoms with Crippen LogP contribution in [0.25, 0.3) is 0 Å². The monoisotopic (exact) mass is 285 g/mol. The average molecular weight is 285 g/mol. The van der Waals surface area contributed by atoms with Crippen molar-refractivity contribution in [2.24, 2.45) is 5.92 Å². The highest BCUT2D eigenvalue weighted by Crippen LogP contribution is 2.17. The number of nitriles is 1. The highest BCUT2D eigenvalue weighted by Gasteiger charge is 2.18. The number of hydrogen-bond donors (Lipinski definition) is 1. The van der Waals surface area contributed by atoms with Crippen molar-refractivity contribution in [2.75, 3.05) is 19.6 Å². The van der Waals surface area contributed by atoms with Gasteiger partial charge in [0.25, 0.3) is 0 Å². The molecule has 1 aromatic rings. The summed E-state index contributed by atoms with van der Waals surface area (Å²) in [6, 6.07) is 9.69. The number of hydrogen-bond acceptors (Lipinski definition) is 3. The molecule has 1 aromatic carbocycles. The molecule has 0 spiro atoms. The van der Waals surface area contributed by atoms with E-state index in [0.29, 0.717) is 31.0 Å². The summed E-state index contributed by atoms with van der Waals surface area (Å²) in [6.45, 7) is 5.32. The lowest BCUT2D eigenvalue weighted by Gasteiger charge is -2.22. The second-order valence-electron chi connectivity index (χ2n) is 5.57. The molecule has 2 rings (SSSR count). The topological polar surface area (TPSA) is 56.1 Å². The first-order valence-electron chi connectivity index (χ1n) is 7.71. The van der Waals surface area contributed by atoms with Gasteiger partial charge in [-0.3, -0.25) is 4.79 Å². The number of benzene rings is 1. The summed E-state index contributed by atoms with van der Waals surface area (Å²) in [6.07, 6.45) is 2.74. The molecular weight excluding hydrogens is 262 g/mol. The molecule has 4 nitrogen and oxygen atoms in total. The molecule has 0 bridgehead atoms. The standard InChI is InChI=1S/C17H23N3O/c1-2-20(13-16-6-4-3-5-15(16)11-18)17(21)8-7-14-9-10-19-12-14/h3-6,14,19H,2,7-10,12-13H2,1H3. The largest absolute Gasteiger partial charge is 0.339 e. The lowest BCUT2D eigenvalue weighted by molar-refractivity contribution is -0.131. The van der Waals surface area contributed by atoms with Gasteiger partial charge in [-0.15, -0.1) is 0 Å². The van der Waals surface area contributed by atoms with Crippen LogP contribution < -0.4 is 5.32 Å². The van der Waals surface area contributed by atoms with Gasteiger partial charge in [0.15, 0.2) is 0 Å². The van der Waals surface area contributed by atoms with Gasteiger partial charge in [-0.05, 0) is 50.4 Å². The Balaban J connectivity index is 1.92. The van der Waals surface area contributed by atoms with Gasteiger partial charge < -0.3 is 10.2 Å². The zero-order chi connectivity index (χ0) is 15.1. The molecule has 21 heavy (non-hydrogen) atoms. The summed E-state index contributed by atoms with van der Waals surface area (Å²) in [5.41, 5.74) is 1.58. The highest BCUT2D eigenvalue weighted by atomic mass is 16.2. The van der Waals surface area contributed by atoms with Gasteiger partial charge in [-0.1, -0.05) is 18.2 Å². The van der Waals surface area contributed by atoms with Gasteiger partial charge in [0.05, 0.1) is 11.6 Å². The van der Waals surface area contributed by atoms with Crippen LogP contribution in [0.1, 0.15) is 37.3 Å². The van der Waals surface area contributed by atoms with Crippen LogP contribution in [-0.4, -0.2) is 30.4 Å². The fraction of sp³-hybridized carbons (Fsp3) is 0.529. The number of carbonyl (C=O) groups excluding carboxylic acids is 1. The van der Waals surface area contributed by atoms with Crippen molar-refractivity contribution in [3.63, 3.8) is 0 Å². The van der Waals surface area contributed by atoms with Crippen molar-refractivity contribution in [3.8, 4) is 6.07 Å². The van der Waals surface area contributed by atoms with Crippen LogP contribution in [0.2, 0.25) is 0 Å². The van der Waals surface area contributed by atoms with Crippen molar-refractivity contribution in [1.82, 2.24) is 10.2 Å². The second-order valence-corrected chi connectivity index (χ2v) is 5.57. The van der Waals surface area contributed by atoms with Crippen LogP contribution in [0, 0.1) is 17.2 Å². The van der Waals surface area contributed by atoms with Gasteiger partial charge in [-0.25, -0.2) is 0 Å². The quantitative estimate of drug-likeness (QED) is 0.872. The maximum atomic E-state index is 12.4. The lowest BCUT2D eigenvalue weighted by Crippen LogP contribution is -2.30. The molecule has 0 aliphatic carbocycles. The minimum absolute atomic E-state index is 0.192. The second kappa shape index (κ2) is 7.80. The van der Waals surface area contributed by atoms with Crippen LogP contribution in [-0.2, 0) is 11.3 Å². The first-order chi connectivity index (χ1) is 10.2. The predicted molar refractivity (Wildman–Crippen MR) is 82.5 cm³/mol. The lowest BCUT2D eigenvalue weighted by atomic mass is 10.0. The third-order valence-corrected chi connectivity index (χ3v) is 4.16. The molecule has 0 saturated carbocycles. The smallest absolute Gasteiger partial charge is 0.222 e. The highest BCUT2D eigenvalue weighted by molar-refractivity contribution is 5.76. The molecule has 4 heteroatoms. The Bertz CT molecular complexity index is 515. The van der Waals surface area contributed by atoms with Gasteiger partial charge >= 0.3 is 0 Å². The molecule has 1 aliphatic rings. The zero-order valence-corrected chi connectivity index (χ0v) is 12.6. The van der Waals surface area contributed by atoms with E-state index in [0.717, 1.165) is 25.1 Å². The Morgan fingerprint density at radius 1 is 1.48 bits per heavy atom. The minimum atomic E-state index is 0.192. The van der Waals surface area contributed by atoms with Crippen molar-refractivity contribution in [1.29, 1.82) is 5.26 Å². The number of nitrogens with zero attached hydrogens (tertiary/aromatic N) is 2. The molecule has 1 atom stereocenters. The summed E-state index contributed by atoms with van der Waals surface area (Å²) in [5, 5.41) is 12.5. The number of rotatable bonds is 6. The fourth-order valence-corrected chi connectivity index (χ4v) is 2.80. The molecule has 112 valence electrons. The molecule has 0 aromatic heterocycles. The SMILES string of the molecule is CCN(Cc1ccccc1C#N)C(=O)CCC1CCNC1. The first-order valence-corrected chi connectivity index (χ1v) is 7.71. The van der Waals surface area contributed by atoms with Gasteiger partial charge in [0, 0.05) is 19.5 Å². The third kappa shape index (κ3) is 4.30. The van der Waals surface area contributed by atoms with Crippen molar-refractivity contribution in [3.05, 3.63) is 35.4 Å². The number of nitrogens with one attached hydrogen (secondary N) is 1. The van der Waals surface area contributed by atoms with Crippen molar-refractivity contribution < 1.29 is 4.79 Å². The maximum absolute atomic E-state index is 12.4. The average Bonchev–Trinajstić information content (AvgIpc) is 3.04. The van der Waals surface area contributed by atoms with Crippen LogP contribution in [0.3, 0.4) is 0 Å². The third-order valence-electron chi connectivity index (χ3n) is 4.16. The van der Waals surface area contributed by atoms with Crippen LogP contribution in [0.15, 0.2) is 24.3 Å². The van der Waals surface area contributed by atoms with Crippen LogP contribution >= 0.6 is 0 Å². The van der Waals surface area contributed by atoms with E-state index in [1.165, 1.54) is 6.42 Å². The Hall–Kier alpha value is -1.86. The van der Waals surface area contributed by atoms with E-state index in [4.69, 9.17) is 5.26 Å². The summed E-state index contributed by atoms with van der Waals surface area (Å²) in [4.78, 5) is 14.2.